The number of alkyl halides is 1. The number of halogens is 1. The van der Waals surface area contributed by atoms with Gasteiger partial charge in [0.15, 0.2) is 0 Å². The highest BCUT2D eigenvalue weighted by Crippen LogP contribution is 2.24. The number of nitrogens with one attached hydrogen (secondary N) is 1. The Morgan fingerprint density at radius 1 is 1.46 bits per heavy atom. The zero-order valence-corrected chi connectivity index (χ0v) is 14.3. The molecule has 4 nitrogen and oxygen atoms in total. The highest BCUT2D eigenvalue weighted by Gasteiger charge is 2.33. The molecule has 0 spiro atoms. The van der Waals surface area contributed by atoms with E-state index in [0.29, 0.717) is 12.1 Å². The van der Waals surface area contributed by atoms with Crippen LogP contribution in [0.4, 0.5) is 4.39 Å². The van der Waals surface area contributed by atoms with Crippen LogP contribution in [-0.4, -0.2) is 39.8 Å². The Balaban J connectivity index is 2.30. The van der Waals surface area contributed by atoms with Crippen LogP contribution in [0.1, 0.15) is 37.1 Å². The van der Waals surface area contributed by atoms with Gasteiger partial charge in [0.2, 0.25) is 5.91 Å². The molecule has 1 amide bonds. The predicted octanol–water partition coefficient (Wildman–Crippen LogP) is 3.68. The molecule has 24 heavy (non-hydrogen) atoms. The predicted molar refractivity (Wildman–Crippen MR) is 96.9 cm³/mol. The Kier molecular flexibility index (Phi) is 5.54. The summed E-state index contributed by atoms with van der Waals surface area (Å²) in [5, 5.41) is 7.88. The third kappa shape index (κ3) is 3.40. The first kappa shape index (κ1) is 17.9. The molecule has 0 bridgehead atoms. The summed E-state index contributed by atoms with van der Waals surface area (Å²) in [6.07, 6.45) is 8.16. The first-order valence-corrected chi connectivity index (χ1v) is 8.02. The van der Waals surface area contributed by atoms with E-state index in [1.165, 1.54) is 0 Å². The quantitative estimate of drug-likeness (QED) is 0.628. The van der Waals surface area contributed by atoms with Crippen molar-refractivity contribution < 1.29 is 9.18 Å². The SMILES string of the molecule is C=Cc1c(C(C)=N)cn(CC(=O)N2CC(F)CC2C=CC)c1C=C. The normalized spacial score (nSPS) is 20.5. The molecule has 128 valence electrons. The van der Waals surface area contributed by atoms with Crippen LogP contribution in [0.5, 0.6) is 0 Å². The van der Waals surface area contributed by atoms with E-state index in [9.17, 15) is 9.18 Å². The van der Waals surface area contributed by atoms with E-state index in [1.807, 2.05) is 19.1 Å². The number of likely N-dealkylation sites (tertiary alicyclic amines) is 1. The monoisotopic (exact) mass is 329 g/mol. The van der Waals surface area contributed by atoms with E-state index in [1.54, 1.807) is 34.7 Å². The molecule has 2 atom stereocenters. The summed E-state index contributed by atoms with van der Waals surface area (Å²) in [4.78, 5) is 14.3. The van der Waals surface area contributed by atoms with Gasteiger partial charge in [-0.2, -0.15) is 0 Å². The third-order valence-electron chi connectivity index (χ3n) is 4.29. The first-order chi connectivity index (χ1) is 11.4. The molecule has 1 N–H and O–H groups in total. The molecular formula is C19H24FN3O. The summed E-state index contributed by atoms with van der Waals surface area (Å²) in [6, 6.07) is -0.192. The Morgan fingerprint density at radius 3 is 2.71 bits per heavy atom. The van der Waals surface area contributed by atoms with Gasteiger partial charge in [-0.15, -0.1) is 0 Å². The van der Waals surface area contributed by atoms with Gasteiger partial charge < -0.3 is 14.9 Å². The van der Waals surface area contributed by atoms with Crippen LogP contribution in [0.15, 0.2) is 31.5 Å². The maximum atomic E-state index is 13.7. The number of carbonyl (C=O) groups is 1. The maximum Gasteiger partial charge on any atom is 0.243 e. The van der Waals surface area contributed by atoms with Gasteiger partial charge in [-0.25, -0.2) is 4.39 Å². The molecule has 1 aromatic rings. The Bertz CT molecular complexity index is 702. The van der Waals surface area contributed by atoms with Gasteiger partial charge >= 0.3 is 0 Å². The minimum Gasteiger partial charge on any atom is -0.337 e. The van der Waals surface area contributed by atoms with E-state index in [2.05, 4.69) is 13.2 Å². The number of nitrogens with zero attached hydrogens (tertiary/aromatic N) is 2. The van der Waals surface area contributed by atoms with Gasteiger partial charge in [0.25, 0.3) is 0 Å². The van der Waals surface area contributed by atoms with Gasteiger partial charge in [0.1, 0.15) is 12.7 Å². The minimum absolute atomic E-state index is 0.0935. The van der Waals surface area contributed by atoms with Crippen molar-refractivity contribution in [2.24, 2.45) is 0 Å². The lowest BCUT2D eigenvalue weighted by atomic mass is 10.1. The van der Waals surface area contributed by atoms with Crippen LogP contribution >= 0.6 is 0 Å². The average molecular weight is 329 g/mol. The van der Waals surface area contributed by atoms with Crippen LogP contribution < -0.4 is 0 Å². The van der Waals surface area contributed by atoms with Crippen LogP contribution in [-0.2, 0) is 11.3 Å². The lowest BCUT2D eigenvalue weighted by Gasteiger charge is -2.22. The highest BCUT2D eigenvalue weighted by molar-refractivity contribution is 6.00. The topological polar surface area (TPSA) is 49.1 Å². The molecular weight excluding hydrogens is 305 g/mol. The summed E-state index contributed by atoms with van der Waals surface area (Å²) < 4.78 is 15.5. The van der Waals surface area contributed by atoms with Crippen molar-refractivity contribution in [1.82, 2.24) is 9.47 Å². The van der Waals surface area contributed by atoms with Gasteiger partial charge in [-0.05, 0) is 19.9 Å². The zero-order valence-electron chi connectivity index (χ0n) is 14.3. The van der Waals surface area contributed by atoms with E-state index in [4.69, 9.17) is 5.41 Å². The number of hydrogen-bond donors (Lipinski definition) is 1. The molecule has 1 aliphatic heterocycles. The maximum absolute atomic E-state index is 13.7. The van der Waals surface area contributed by atoms with Gasteiger partial charge in [-0.3, -0.25) is 4.79 Å². The molecule has 0 saturated carbocycles. The highest BCUT2D eigenvalue weighted by atomic mass is 19.1. The summed E-state index contributed by atoms with van der Waals surface area (Å²) in [5.74, 6) is -0.138. The van der Waals surface area contributed by atoms with E-state index < -0.39 is 6.17 Å². The molecule has 0 radical (unpaired) electrons. The van der Waals surface area contributed by atoms with Crippen molar-refractivity contribution >= 4 is 23.8 Å². The van der Waals surface area contributed by atoms with E-state index >= 15 is 0 Å². The first-order valence-electron chi connectivity index (χ1n) is 8.02. The summed E-state index contributed by atoms with van der Waals surface area (Å²) in [5.41, 5.74) is 2.66. The average Bonchev–Trinajstić information content (AvgIpc) is 3.07. The van der Waals surface area contributed by atoms with Gasteiger partial charge in [-0.1, -0.05) is 31.4 Å². The molecule has 0 aromatic carbocycles. The van der Waals surface area contributed by atoms with Crippen LogP contribution in [0.3, 0.4) is 0 Å². The van der Waals surface area contributed by atoms with Gasteiger partial charge in [0.05, 0.1) is 12.6 Å². The smallest absolute Gasteiger partial charge is 0.243 e. The van der Waals surface area contributed by atoms with Crippen LogP contribution in [0.2, 0.25) is 0 Å². The molecule has 0 aliphatic carbocycles. The summed E-state index contributed by atoms with van der Waals surface area (Å²) in [6.45, 7) is 11.4. The van der Waals surface area contributed by atoms with Crippen molar-refractivity contribution in [1.29, 1.82) is 5.41 Å². The number of rotatable bonds is 6. The largest absolute Gasteiger partial charge is 0.337 e. The van der Waals surface area contributed by atoms with E-state index in [0.717, 1.165) is 16.8 Å². The van der Waals surface area contributed by atoms with Gasteiger partial charge in [0, 0.05) is 35.2 Å². The van der Waals surface area contributed by atoms with Crippen molar-refractivity contribution in [3.8, 4) is 0 Å². The molecule has 5 heteroatoms. The Hall–Kier alpha value is -2.43. The van der Waals surface area contributed by atoms with Crippen LogP contribution in [0, 0.1) is 5.41 Å². The molecule has 1 aromatic heterocycles. The third-order valence-corrected chi connectivity index (χ3v) is 4.29. The molecule has 1 saturated heterocycles. The molecule has 2 heterocycles. The minimum atomic E-state index is -0.984. The lowest BCUT2D eigenvalue weighted by Crippen LogP contribution is -2.37. The molecule has 2 rings (SSSR count). The number of hydrogen-bond acceptors (Lipinski definition) is 2. The van der Waals surface area contributed by atoms with Crippen molar-refractivity contribution in [2.75, 3.05) is 6.54 Å². The second-order valence-corrected chi connectivity index (χ2v) is 5.98. The fourth-order valence-corrected chi connectivity index (χ4v) is 3.20. The van der Waals surface area contributed by atoms with Crippen molar-refractivity contribution in [2.45, 2.75) is 39.0 Å². The second kappa shape index (κ2) is 7.43. The summed E-state index contributed by atoms with van der Waals surface area (Å²) >= 11 is 0. The molecule has 2 unspecified atom stereocenters. The Morgan fingerprint density at radius 2 is 2.17 bits per heavy atom. The van der Waals surface area contributed by atoms with Crippen molar-refractivity contribution in [3.63, 3.8) is 0 Å². The Labute approximate surface area is 142 Å². The fraction of sp³-hybridized carbons (Fsp3) is 0.368. The zero-order chi connectivity index (χ0) is 17.9. The molecule has 1 aliphatic rings. The van der Waals surface area contributed by atoms with E-state index in [-0.39, 0.29) is 25.0 Å². The number of amides is 1. The van der Waals surface area contributed by atoms with Crippen LogP contribution in [0.25, 0.3) is 12.2 Å². The number of aromatic nitrogens is 1. The number of allylic oxidation sites excluding steroid dienone is 1. The fourth-order valence-electron chi connectivity index (χ4n) is 3.20. The van der Waals surface area contributed by atoms with Crippen molar-refractivity contribution in [3.05, 3.63) is 48.3 Å². The second-order valence-electron chi connectivity index (χ2n) is 5.98. The summed E-state index contributed by atoms with van der Waals surface area (Å²) in [7, 11) is 0. The number of carbonyl (C=O) groups excluding carboxylic acids is 1. The standard InChI is InChI=1S/C19H24FN3O/c1-5-8-15-9-14(20)10-23(15)19(24)12-22-11-17(13(4)21)16(6-2)18(22)7-3/h5-8,11,14-15,21H,2-3,9-10,12H2,1,4H3. The molecule has 1 fully saturated rings. The lowest BCUT2D eigenvalue weighted by molar-refractivity contribution is -0.132.